The summed E-state index contributed by atoms with van der Waals surface area (Å²) in [6.45, 7) is 4.55. The second-order valence-electron chi connectivity index (χ2n) is 4.50. The van der Waals surface area contributed by atoms with Crippen molar-refractivity contribution in [3.05, 3.63) is 33.3 Å². The highest BCUT2D eigenvalue weighted by Gasteiger charge is 2.12. The van der Waals surface area contributed by atoms with Crippen molar-refractivity contribution in [3.8, 4) is 0 Å². The summed E-state index contributed by atoms with van der Waals surface area (Å²) in [4.78, 5) is 23.4. The molecule has 0 radical (unpaired) electrons. The van der Waals surface area contributed by atoms with Gasteiger partial charge in [0.25, 0.3) is 5.91 Å². The average Bonchev–Trinajstić information content (AvgIpc) is 2.36. The highest BCUT2D eigenvalue weighted by molar-refractivity contribution is 9.10. The number of nitrogens with one attached hydrogen (secondary N) is 2. The van der Waals surface area contributed by atoms with Crippen molar-refractivity contribution >= 4 is 39.3 Å². The van der Waals surface area contributed by atoms with E-state index in [2.05, 4.69) is 26.6 Å². The smallest absolute Gasteiger partial charge is 0.252 e. The maximum atomic E-state index is 11.9. The van der Waals surface area contributed by atoms with Crippen molar-refractivity contribution in [1.82, 2.24) is 10.6 Å². The molecule has 104 valence electrons. The molecule has 2 N–H and O–H groups in total. The molecule has 0 aliphatic carbocycles. The SMILES string of the molecule is CC(C)CNC(=O)CNC(=O)c1cc(Cl)ccc1Br. The Labute approximate surface area is 126 Å². The van der Waals surface area contributed by atoms with E-state index in [1.54, 1.807) is 18.2 Å². The number of rotatable bonds is 5. The summed E-state index contributed by atoms with van der Waals surface area (Å²) in [6, 6.07) is 4.92. The minimum absolute atomic E-state index is 0.0511. The van der Waals surface area contributed by atoms with E-state index < -0.39 is 0 Å². The molecule has 0 aliphatic rings. The first-order valence-corrected chi connectivity index (χ1v) is 7.07. The first kappa shape index (κ1) is 16.0. The molecule has 6 heteroatoms. The fraction of sp³-hybridized carbons (Fsp3) is 0.385. The van der Waals surface area contributed by atoms with Gasteiger partial charge in [0.1, 0.15) is 0 Å². The first-order chi connectivity index (χ1) is 8.90. The van der Waals surface area contributed by atoms with Crippen LogP contribution in [0.25, 0.3) is 0 Å². The lowest BCUT2D eigenvalue weighted by atomic mass is 10.2. The lowest BCUT2D eigenvalue weighted by Gasteiger charge is -2.09. The van der Waals surface area contributed by atoms with Crippen LogP contribution >= 0.6 is 27.5 Å². The summed E-state index contributed by atoms with van der Waals surface area (Å²) < 4.78 is 0.636. The van der Waals surface area contributed by atoms with Gasteiger partial charge in [0.05, 0.1) is 12.1 Å². The van der Waals surface area contributed by atoms with Gasteiger partial charge in [-0.1, -0.05) is 25.4 Å². The zero-order valence-corrected chi connectivity index (χ0v) is 13.1. The fourth-order valence-corrected chi connectivity index (χ4v) is 1.91. The molecule has 1 aromatic carbocycles. The van der Waals surface area contributed by atoms with Gasteiger partial charge in [0.2, 0.25) is 5.91 Å². The Balaban J connectivity index is 2.51. The summed E-state index contributed by atoms with van der Waals surface area (Å²) >= 11 is 9.10. The summed E-state index contributed by atoms with van der Waals surface area (Å²) in [5, 5.41) is 5.74. The Kier molecular flexibility index (Phi) is 6.31. The van der Waals surface area contributed by atoms with E-state index >= 15 is 0 Å². The summed E-state index contributed by atoms with van der Waals surface area (Å²) in [5.74, 6) is -0.170. The zero-order valence-electron chi connectivity index (χ0n) is 10.8. The van der Waals surface area contributed by atoms with Gasteiger partial charge in [-0.3, -0.25) is 9.59 Å². The molecule has 0 saturated heterocycles. The van der Waals surface area contributed by atoms with Crippen LogP contribution in [0.1, 0.15) is 24.2 Å². The second-order valence-corrected chi connectivity index (χ2v) is 5.80. The standard InChI is InChI=1S/C13H16BrClN2O2/c1-8(2)6-16-12(18)7-17-13(19)10-5-9(15)3-4-11(10)14/h3-5,8H,6-7H2,1-2H3,(H,16,18)(H,17,19). The van der Waals surface area contributed by atoms with Gasteiger partial charge in [-0.25, -0.2) is 0 Å². The highest BCUT2D eigenvalue weighted by atomic mass is 79.9. The molecule has 0 aliphatic heterocycles. The summed E-state index contributed by atoms with van der Waals surface area (Å²) in [6.07, 6.45) is 0. The van der Waals surface area contributed by atoms with Crippen LogP contribution < -0.4 is 10.6 Å². The maximum Gasteiger partial charge on any atom is 0.252 e. The lowest BCUT2D eigenvalue weighted by Crippen LogP contribution is -2.38. The van der Waals surface area contributed by atoms with E-state index in [1.165, 1.54) is 0 Å². The second kappa shape index (κ2) is 7.50. The normalized spacial score (nSPS) is 10.4. The molecule has 0 unspecified atom stereocenters. The number of benzene rings is 1. The molecule has 1 aromatic rings. The van der Waals surface area contributed by atoms with Crippen LogP contribution in [0.2, 0.25) is 5.02 Å². The summed E-state index contributed by atoms with van der Waals surface area (Å²) in [7, 11) is 0. The highest BCUT2D eigenvalue weighted by Crippen LogP contribution is 2.20. The van der Waals surface area contributed by atoms with Gasteiger partial charge < -0.3 is 10.6 Å². The van der Waals surface area contributed by atoms with Gasteiger partial charge in [0.15, 0.2) is 0 Å². The molecule has 0 fully saturated rings. The molecule has 2 amide bonds. The third-order valence-corrected chi connectivity index (χ3v) is 3.22. The molecule has 0 heterocycles. The first-order valence-electron chi connectivity index (χ1n) is 5.90. The Morgan fingerprint density at radius 1 is 1.32 bits per heavy atom. The van der Waals surface area contributed by atoms with Crippen LogP contribution in [0.3, 0.4) is 0 Å². The van der Waals surface area contributed by atoms with Crippen molar-refractivity contribution in [2.45, 2.75) is 13.8 Å². The van der Waals surface area contributed by atoms with Crippen LogP contribution in [0.15, 0.2) is 22.7 Å². The molecular weight excluding hydrogens is 332 g/mol. The van der Waals surface area contributed by atoms with Crippen LogP contribution in [-0.4, -0.2) is 24.9 Å². The van der Waals surface area contributed by atoms with Gasteiger partial charge in [-0.05, 0) is 40.0 Å². The molecule has 0 bridgehead atoms. The van der Waals surface area contributed by atoms with Gasteiger partial charge in [-0.2, -0.15) is 0 Å². The Morgan fingerprint density at radius 2 is 2.00 bits per heavy atom. The van der Waals surface area contributed by atoms with Crippen LogP contribution in [0, 0.1) is 5.92 Å². The third kappa shape index (κ3) is 5.61. The van der Waals surface area contributed by atoms with E-state index in [9.17, 15) is 9.59 Å². The number of carbonyl (C=O) groups is 2. The number of hydrogen-bond donors (Lipinski definition) is 2. The number of halogens is 2. The molecule has 0 atom stereocenters. The molecule has 0 spiro atoms. The van der Waals surface area contributed by atoms with Crippen LogP contribution in [0.4, 0.5) is 0 Å². The van der Waals surface area contributed by atoms with Crippen LogP contribution in [-0.2, 0) is 4.79 Å². The Hall–Kier alpha value is -1.07. The minimum Gasteiger partial charge on any atom is -0.354 e. The Morgan fingerprint density at radius 3 is 2.63 bits per heavy atom. The van der Waals surface area contributed by atoms with Gasteiger partial charge in [0, 0.05) is 16.0 Å². The Bertz CT molecular complexity index is 478. The fourth-order valence-electron chi connectivity index (χ4n) is 1.31. The molecule has 4 nitrogen and oxygen atoms in total. The van der Waals surface area contributed by atoms with E-state index in [-0.39, 0.29) is 18.4 Å². The number of carbonyl (C=O) groups excluding carboxylic acids is 2. The molecule has 0 saturated carbocycles. The van der Waals surface area contributed by atoms with E-state index in [0.29, 0.717) is 27.5 Å². The van der Waals surface area contributed by atoms with Crippen molar-refractivity contribution in [3.63, 3.8) is 0 Å². The van der Waals surface area contributed by atoms with E-state index in [4.69, 9.17) is 11.6 Å². The van der Waals surface area contributed by atoms with Gasteiger partial charge >= 0.3 is 0 Å². The van der Waals surface area contributed by atoms with Crippen molar-refractivity contribution < 1.29 is 9.59 Å². The zero-order chi connectivity index (χ0) is 14.4. The predicted octanol–water partition coefficient (Wildman–Crippen LogP) is 2.60. The minimum atomic E-state index is -0.339. The van der Waals surface area contributed by atoms with Crippen molar-refractivity contribution in [1.29, 1.82) is 0 Å². The maximum absolute atomic E-state index is 11.9. The average molecular weight is 348 g/mol. The molecule has 19 heavy (non-hydrogen) atoms. The van der Waals surface area contributed by atoms with Crippen LogP contribution in [0.5, 0.6) is 0 Å². The topological polar surface area (TPSA) is 58.2 Å². The van der Waals surface area contributed by atoms with Crippen molar-refractivity contribution in [2.75, 3.05) is 13.1 Å². The number of hydrogen-bond acceptors (Lipinski definition) is 2. The van der Waals surface area contributed by atoms with Gasteiger partial charge in [-0.15, -0.1) is 0 Å². The largest absolute Gasteiger partial charge is 0.354 e. The molecule has 1 rings (SSSR count). The van der Waals surface area contributed by atoms with E-state index in [0.717, 1.165) is 0 Å². The quantitative estimate of drug-likeness (QED) is 0.860. The molecular formula is C13H16BrClN2O2. The van der Waals surface area contributed by atoms with E-state index in [1.807, 2.05) is 13.8 Å². The third-order valence-electron chi connectivity index (χ3n) is 2.29. The lowest BCUT2D eigenvalue weighted by molar-refractivity contribution is -0.120. The molecule has 0 aromatic heterocycles. The van der Waals surface area contributed by atoms with Crippen molar-refractivity contribution in [2.24, 2.45) is 5.92 Å². The number of amides is 2. The summed E-state index contributed by atoms with van der Waals surface area (Å²) in [5.41, 5.74) is 0.407. The monoisotopic (exact) mass is 346 g/mol. The predicted molar refractivity (Wildman–Crippen MR) is 79.3 cm³/mol.